The van der Waals surface area contributed by atoms with Crippen molar-refractivity contribution in [3.05, 3.63) is 54.1 Å². The molecule has 8 heteroatoms. The van der Waals surface area contributed by atoms with Crippen LogP contribution in [-0.2, 0) is 21.2 Å². The molecule has 32 heavy (non-hydrogen) atoms. The minimum Gasteiger partial charge on any atom is -0.497 e. The van der Waals surface area contributed by atoms with Crippen molar-refractivity contribution in [1.82, 2.24) is 9.62 Å². The van der Waals surface area contributed by atoms with E-state index in [1.165, 1.54) is 30.2 Å². The van der Waals surface area contributed by atoms with Gasteiger partial charge in [0.1, 0.15) is 16.4 Å². The van der Waals surface area contributed by atoms with E-state index in [0.29, 0.717) is 25.1 Å². The van der Waals surface area contributed by atoms with Gasteiger partial charge in [0.15, 0.2) is 0 Å². The van der Waals surface area contributed by atoms with Crippen LogP contribution in [0.15, 0.2) is 53.4 Å². The lowest BCUT2D eigenvalue weighted by Gasteiger charge is -2.32. The number of nitrogens with zero attached hydrogens (tertiary/aromatic N) is 1. The molecule has 0 saturated carbocycles. The van der Waals surface area contributed by atoms with Crippen molar-refractivity contribution in [2.45, 2.75) is 43.5 Å². The van der Waals surface area contributed by atoms with Crippen LogP contribution in [0.1, 0.15) is 31.7 Å². The zero-order valence-corrected chi connectivity index (χ0v) is 19.7. The van der Waals surface area contributed by atoms with Crippen LogP contribution in [0.2, 0.25) is 0 Å². The van der Waals surface area contributed by atoms with E-state index in [1.54, 1.807) is 12.1 Å². The second kappa shape index (κ2) is 10.8. The molecule has 0 bridgehead atoms. The van der Waals surface area contributed by atoms with Gasteiger partial charge in [0.25, 0.3) is 0 Å². The molecule has 0 aliphatic carbocycles. The average molecular weight is 461 g/mol. The quantitative estimate of drug-likeness (QED) is 0.621. The molecule has 2 atom stereocenters. The van der Waals surface area contributed by atoms with Gasteiger partial charge in [-0.15, -0.1) is 0 Å². The van der Waals surface area contributed by atoms with E-state index in [0.717, 1.165) is 12.8 Å². The number of nitrogens with one attached hydrogen (secondary N) is 1. The van der Waals surface area contributed by atoms with Crippen LogP contribution in [0.5, 0.6) is 11.5 Å². The number of ether oxygens (including phenoxy) is 2. The van der Waals surface area contributed by atoms with Crippen LogP contribution in [0.4, 0.5) is 0 Å². The Balaban J connectivity index is 1.64. The van der Waals surface area contributed by atoms with E-state index < -0.39 is 10.0 Å². The van der Waals surface area contributed by atoms with Crippen LogP contribution >= 0.6 is 0 Å². The molecular weight excluding hydrogens is 428 g/mol. The Morgan fingerprint density at radius 3 is 2.59 bits per heavy atom. The zero-order valence-electron chi connectivity index (χ0n) is 18.9. The second-order valence-electron chi connectivity index (χ2n) is 8.15. The number of carbonyl (C=O) groups excluding carboxylic acids is 1. The van der Waals surface area contributed by atoms with Gasteiger partial charge in [0.05, 0.1) is 20.1 Å². The van der Waals surface area contributed by atoms with Crippen molar-refractivity contribution in [2.75, 3.05) is 27.3 Å². The zero-order chi connectivity index (χ0) is 23.1. The molecule has 1 fully saturated rings. The van der Waals surface area contributed by atoms with Gasteiger partial charge in [-0.25, -0.2) is 8.42 Å². The number of hydrogen-bond donors (Lipinski definition) is 1. The Morgan fingerprint density at radius 1 is 1.16 bits per heavy atom. The molecule has 0 aromatic heterocycles. The van der Waals surface area contributed by atoms with Gasteiger partial charge in [-0.3, -0.25) is 4.79 Å². The highest BCUT2D eigenvalue weighted by Crippen LogP contribution is 2.32. The molecule has 0 spiro atoms. The predicted octanol–water partition coefficient (Wildman–Crippen LogP) is 3.24. The standard InChI is InChI=1S/C24H32N2O5S/c1-18(11-12-19-8-5-4-6-9-19)25-24(27)20-10-7-15-26(17-20)32(28,29)23-16-21(30-2)13-14-22(23)31-3/h4-6,8-9,13-14,16,18,20H,7,10-12,15,17H2,1-3H3,(H,25,27)/t18-,20+/m1/s1. The molecule has 2 aromatic rings. The van der Waals surface area contributed by atoms with Crippen LogP contribution < -0.4 is 14.8 Å². The molecule has 0 radical (unpaired) electrons. The molecule has 1 N–H and O–H groups in total. The van der Waals surface area contributed by atoms with E-state index in [2.05, 4.69) is 17.4 Å². The number of rotatable bonds is 9. The SMILES string of the molecule is COc1ccc(OC)c(S(=O)(=O)N2CCC[C@H](C(=O)N[C@H](C)CCc3ccccc3)C2)c1. The lowest BCUT2D eigenvalue weighted by Crippen LogP contribution is -2.47. The summed E-state index contributed by atoms with van der Waals surface area (Å²) < 4.78 is 38.5. The van der Waals surface area contributed by atoms with Crippen molar-refractivity contribution in [3.8, 4) is 11.5 Å². The highest BCUT2D eigenvalue weighted by atomic mass is 32.2. The minimum absolute atomic E-state index is 0.00756. The fraction of sp³-hybridized carbons (Fsp3) is 0.458. The number of sulfonamides is 1. The van der Waals surface area contributed by atoms with Gasteiger partial charge in [-0.05, 0) is 50.3 Å². The van der Waals surface area contributed by atoms with Crippen molar-refractivity contribution < 1.29 is 22.7 Å². The maximum atomic E-state index is 13.3. The number of hydrogen-bond acceptors (Lipinski definition) is 5. The van der Waals surface area contributed by atoms with E-state index in [9.17, 15) is 13.2 Å². The van der Waals surface area contributed by atoms with Crippen LogP contribution in [0.25, 0.3) is 0 Å². The largest absolute Gasteiger partial charge is 0.497 e. The minimum atomic E-state index is -3.83. The number of methoxy groups -OCH3 is 2. The molecule has 1 amide bonds. The molecular formula is C24H32N2O5S. The first kappa shape index (κ1) is 24.1. The maximum Gasteiger partial charge on any atom is 0.246 e. The number of piperidine rings is 1. The summed E-state index contributed by atoms with van der Waals surface area (Å²) in [6, 6.07) is 14.8. The van der Waals surface area contributed by atoms with Gasteiger partial charge < -0.3 is 14.8 Å². The van der Waals surface area contributed by atoms with E-state index >= 15 is 0 Å². The summed E-state index contributed by atoms with van der Waals surface area (Å²) in [5.74, 6) is 0.215. The van der Waals surface area contributed by atoms with E-state index in [-0.39, 0.29) is 35.1 Å². The first-order valence-corrected chi connectivity index (χ1v) is 12.4. The summed E-state index contributed by atoms with van der Waals surface area (Å²) in [5, 5.41) is 3.07. The number of amides is 1. The van der Waals surface area contributed by atoms with Gasteiger partial charge in [-0.1, -0.05) is 30.3 Å². The summed E-state index contributed by atoms with van der Waals surface area (Å²) in [7, 11) is -0.911. The molecule has 1 aliphatic rings. The average Bonchev–Trinajstić information content (AvgIpc) is 2.83. The van der Waals surface area contributed by atoms with Crippen molar-refractivity contribution in [1.29, 1.82) is 0 Å². The highest BCUT2D eigenvalue weighted by molar-refractivity contribution is 7.89. The van der Waals surface area contributed by atoms with Crippen LogP contribution in [0, 0.1) is 5.92 Å². The van der Waals surface area contributed by atoms with Crippen molar-refractivity contribution in [2.24, 2.45) is 5.92 Å². The third kappa shape index (κ3) is 5.81. The van der Waals surface area contributed by atoms with Gasteiger partial charge in [-0.2, -0.15) is 4.31 Å². The van der Waals surface area contributed by atoms with Gasteiger partial charge in [0, 0.05) is 25.2 Å². The fourth-order valence-electron chi connectivity index (χ4n) is 3.96. The molecule has 1 saturated heterocycles. The first-order valence-electron chi connectivity index (χ1n) is 10.9. The Bertz CT molecular complexity index is 1010. The second-order valence-corrected chi connectivity index (χ2v) is 10.1. The summed E-state index contributed by atoms with van der Waals surface area (Å²) in [5.41, 5.74) is 1.23. The van der Waals surface area contributed by atoms with Crippen LogP contribution in [-0.4, -0.2) is 52.0 Å². The molecule has 1 aliphatic heterocycles. The maximum absolute atomic E-state index is 13.3. The number of aryl methyl sites for hydroxylation is 1. The predicted molar refractivity (Wildman–Crippen MR) is 123 cm³/mol. The molecule has 3 rings (SSSR count). The van der Waals surface area contributed by atoms with E-state index in [1.807, 2.05) is 25.1 Å². The number of benzene rings is 2. The summed E-state index contributed by atoms with van der Waals surface area (Å²) in [6.45, 7) is 2.51. The molecule has 2 aromatic carbocycles. The summed E-state index contributed by atoms with van der Waals surface area (Å²) >= 11 is 0. The fourth-order valence-corrected chi connectivity index (χ4v) is 5.65. The van der Waals surface area contributed by atoms with Gasteiger partial charge >= 0.3 is 0 Å². The summed E-state index contributed by atoms with van der Waals surface area (Å²) in [4.78, 5) is 12.9. The van der Waals surface area contributed by atoms with Crippen molar-refractivity contribution >= 4 is 15.9 Å². The molecule has 7 nitrogen and oxygen atoms in total. The topological polar surface area (TPSA) is 84.9 Å². The first-order chi connectivity index (χ1) is 15.3. The third-order valence-electron chi connectivity index (χ3n) is 5.84. The van der Waals surface area contributed by atoms with E-state index in [4.69, 9.17) is 9.47 Å². The third-order valence-corrected chi connectivity index (χ3v) is 7.73. The molecule has 174 valence electrons. The Kier molecular flexibility index (Phi) is 8.15. The van der Waals surface area contributed by atoms with Gasteiger partial charge in [0.2, 0.25) is 15.9 Å². The normalized spacial score (nSPS) is 18.0. The smallest absolute Gasteiger partial charge is 0.246 e. The number of carbonyl (C=O) groups is 1. The lowest BCUT2D eigenvalue weighted by molar-refractivity contribution is -0.126. The Morgan fingerprint density at radius 2 is 1.91 bits per heavy atom. The summed E-state index contributed by atoms with van der Waals surface area (Å²) in [6.07, 6.45) is 3.00. The highest BCUT2D eigenvalue weighted by Gasteiger charge is 2.35. The molecule has 1 heterocycles. The Hall–Kier alpha value is -2.58. The Labute approximate surface area is 190 Å². The monoisotopic (exact) mass is 460 g/mol. The van der Waals surface area contributed by atoms with Crippen LogP contribution in [0.3, 0.4) is 0 Å². The lowest BCUT2D eigenvalue weighted by atomic mass is 9.98. The van der Waals surface area contributed by atoms with Crippen molar-refractivity contribution in [3.63, 3.8) is 0 Å². The molecule has 0 unspecified atom stereocenters.